The van der Waals surface area contributed by atoms with Crippen LogP contribution in [-0.2, 0) is 35.2 Å². The number of imidazole rings is 1. The molecule has 0 aliphatic carbocycles. The molecule has 0 spiro atoms. The van der Waals surface area contributed by atoms with Crippen molar-refractivity contribution in [3.05, 3.63) is 18.2 Å². The Balaban J connectivity index is 2.89. The van der Waals surface area contributed by atoms with Crippen LogP contribution in [0.25, 0.3) is 0 Å². The number of amides is 4. The fraction of sp³-hybridized carbons (Fsp3) is 0.471. The van der Waals surface area contributed by atoms with Crippen molar-refractivity contribution < 1.29 is 39.0 Å². The smallest absolute Gasteiger partial charge is 0.326 e. The lowest BCUT2D eigenvalue weighted by molar-refractivity contribution is -0.143. The van der Waals surface area contributed by atoms with Crippen LogP contribution in [0.5, 0.6) is 0 Å². The SMILES string of the molecule is CC(NC(=O)C(N)CC(=O)O)C(=O)NC(Cc1cnc[nH]1)C(=O)NC(CC(N)=O)C(=O)O. The lowest BCUT2D eigenvalue weighted by atomic mass is 10.1. The lowest BCUT2D eigenvalue weighted by Crippen LogP contribution is -2.57. The predicted molar refractivity (Wildman–Crippen MR) is 105 cm³/mol. The number of carboxylic acids is 2. The first kappa shape index (κ1) is 26.0. The molecule has 15 nitrogen and oxygen atoms in total. The summed E-state index contributed by atoms with van der Waals surface area (Å²) in [4.78, 5) is 76.5. The van der Waals surface area contributed by atoms with Crippen molar-refractivity contribution in [1.29, 1.82) is 0 Å². The Labute approximate surface area is 181 Å². The minimum Gasteiger partial charge on any atom is -0.481 e. The summed E-state index contributed by atoms with van der Waals surface area (Å²) in [5.41, 5.74) is 10.8. The van der Waals surface area contributed by atoms with Crippen molar-refractivity contribution in [2.45, 2.75) is 50.4 Å². The largest absolute Gasteiger partial charge is 0.481 e. The molecule has 1 aromatic heterocycles. The van der Waals surface area contributed by atoms with E-state index in [1.54, 1.807) is 0 Å². The molecule has 4 amide bonds. The molecule has 1 heterocycles. The molecule has 176 valence electrons. The topological polar surface area (TPSA) is 260 Å². The molecule has 1 rings (SSSR count). The van der Waals surface area contributed by atoms with Crippen molar-refractivity contribution in [3.63, 3.8) is 0 Å². The molecule has 0 fully saturated rings. The van der Waals surface area contributed by atoms with Crippen LogP contribution in [0.2, 0.25) is 0 Å². The molecule has 0 aromatic carbocycles. The van der Waals surface area contributed by atoms with E-state index in [9.17, 15) is 28.8 Å². The summed E-state index contributed by atoms with van der Waals surface area (Å²) in [6, 6.07) is -5.53. The number of carboxylic acid groups (broad SMARTS) is 2. The molecule has 10 N–H and O–H groups in total. The minimum absolute atomic E-state index is 0.125. The van der Waals surface area contributed by atoms with Gasteiger partial charge in [0.25, 0.3) is 0 Å². The van der Waals surface area contributed by atoms with Gasteiger partial charge in [0.2, 0.25) is 23.6 Å². The van der Waals surface area contributed by atoms with Gasteiger partial charge in [-0.3, -0.25) is 24.0 Å². The summed E-state index contributed by atoms with van der Waals surface area (Å²) in [6.07, 6.45) is 1.26. The van der Waals surface area contributed by atoms with E-state index >= 15 is 0 Å². The molecule has 0 aliphatic heterocycles. The molecule has 0 bridgehead atoms. The zero-order valence-electron chi connectivity index (χ0n) is 17.0. The monoisotopic (exact) mass is 455 g/mol. The maximum atomic E-state index is 12.6. The fourth-order valence-corrected chi connectivity index (χ4v) is 2.46. The van der Waals surface area contributed by atoms with Gasteiger partial charge in [0.15, 0.2) is 0 Å². The van der Waals surface area contributed by atoms with Crippen LogP contribution in [0.15, 0.2) is 12.5 Å². The molecular weight excluding hydrogens is 430 g/mol. The number of H-pyrrole nitrogens is 1. The van der Waals surface area contributed by atoms with Crippen LogP contribution in [0.1, 0.15) is 25.5 Å². The highest BCUT2D eigenvalue weighted by atomic mass is 16.4. The summed E-state index contributed by atoms with van der Waals surface area (Å²) in [5, 5.41) is 24.6. The van der Waals surface area contributed by atoms with Crippen LogP contribution in [0.4, 0.5) is 0 Å². The van der Waals surface area contributed by atoms with E-state index in [0.717, 1.165) is 0 Å². The van der Waals surface area contributed by atoms with E-state index in [1.807, 2.05) is 0 Å². The molecule has 0 saturated heterocycles. The van der Waals surface area contributed by atoms with Crippen LogP contribution >= 0.6 is 0 Å². The van der Waals surface area contributed by atoms with E-state index in [4.69, 9.17) is 21.7 Å². The van der Waals surface area contributed by atoms with Crippen molar-refractivity contribution in [2.24, 2.45) is 11.5 Å². The van der Waals surface area contributed by atoms with E-state index in [1.165, 1.54) is 19.4 Å². The zero-order valence-corrected chi connectivity index (χ0v) is 17.0. The van der Waals surface area contributed by atoms with Gasteiger partial charge in [-0.2, -0.15) is 0 Å². The number of aromatic amines is 1. The minimum atomic E-state index is -1.62. The molecule has 0 saturated carbocycles. The summed E-state index contributed by atoms with van der Waals surface area (Å²) in [5.74, 6) is -6.41. The number of nitrogens with zero attached hydrogens (tertiary/aromatic N) is 1. The Morgan fingerprint density at radius 1 is 1.00 bits per heavy atom. The summed E-state index contributed by atoms with van der Waals surface area (Å²) < 4.78 is 0. The van der Waals surface area contributed by atoms with Gasteiger partial charge >= 0.3 is 11.9 Å². The number of nitrogens with one attached hydrogen (secondary N) is 4. The Morgan fingerprint density at radius 2 is 1.62 bits per heavy atom. The van der Waals surface area contributed by atoms with E-state index in [0.29, 0.717) is 5.69 Å². The molecule has 0 radical (unpaired) electrons. The Kier molecular flexibility index (Phi) is 9.75. The average Bonchev–Trinajstić information content (AvgIpc) is 3.18. The number of aliphatic carboxylic acids is 2. The van der Waals surface area contributed by atoms with Gasteiger partial charge in [0, 0.05) is 18.3 Å². The molecule has 4 atom stereocenters. The second-order valence-corrected chi connectivity index (χ2v) is 6.85. The first-order valence-electron chi connectivity index (χ1n) is 9.27. The number of hydrogen-bond acceptors (Lipinski definition) is 8. The number of aromatic nitrogens is 2. The highest BCUT2D eigenvalue weighted by Crippen LogP contribution is 2.02. The molecule has 32 heavy (non-hydrogen) atoms. The molecule has 1 aromatic rings. The number of hydrogen-bond donors (Lipinski definition) is 8. The van der Waals surface area contributed by atoms with Gasteiger partial charge in [0.05, 0.1) is 25.2 Å². The third kappa shape index (κ3) is 8.78. The fourth-order valence-electron chi connectivity index (χ4n) is 2.46. The van der Waals surface area contributed by atoms with Crippen molar-refractivity contribution in [2.75, 3.05) is 0 Å². The highest BCUT2D eigenvalue weighted by molar-refractivity contribution is 5.95. The Hall–Kier alpha value is -4.01. The van der Waals surface area contributed by atoms with Gasteiger partial charge in [-0.05, 0) is 6.92 Å². The van der Waals surface area contributed by atoms with Gasteiger partial charge in [0.1, 0.15) is 18.1 Å². The second-order valence-electron chi connectivity index (χ2n) is 6.85. The Morgan fingerprint density at radius 3 is 2.12 bits per heavy atom. The normalized spacial score (nSPS) is 14.3. The van der Waals surface area contributed by atoms with Crippen molar-refractivity contribution >= 4 is 35.6 Å². The van der Waals surface area contributed by atoms with Crippen LogP contribution in [-0.4, -0.2) is 79.9 Å². The number of carbonyl (C=O) groups excluding carboxylic acids is 4. The summed E-state index contributed by atoms with van der Waals surface area (Å²) >= 11 is 0. The number of primary amides is 1. The van der Waals surface area contributed by atoms with Crippen LogP contribution < -0.4 is 27.4 Å². The number of rotatable bonds is 13. The standard InChI is InChI=1S/C17H25N7O8/c1-7(22-15(29)9(18)3-13(26)27)14(28)23-10(2-8-5-20-6-21-8)16(30)24-11(17(31)32)4-12(19)25/h5-7,9-11H,2-4,18H2,1H3,(H2,19,25)(H,20,21)(H,22,29)(H,23,28)(H,24,30)(H,26,27)(H,31,32). The van der Waals surface area contributed by atoms with Gasteiger partial charge in [-0.25, -0.2) is 9.78 Å². The lowest BCUT2D eigenvalue weighted by Gasteiger charge is -2.23. The highest BCUT2D eigenvalue weighted by Gasteiger charge is 2.30. The van der Waals surface area contributed by atoms with Crippen molar-refractivity contribution in [3.8, 4) is 0 Å². The maximum Gasteiger partial charge on any atom is 0.326 e. The molecule has 0 aliphatic rings. The van der Waals surface area contributed by atoms with Crippen molar-refractivity contribution in [1.82, 2.24) is 25.9 Å². The first-order chi connectivity index (χ1) is 14.9. The third-order valence-corrected chi connectivity index (χ3v) is 4.12. The van der Waals surface area contributed by atoms with Gasteiger partial charge in [-0.15, -0.1) is 0 Å². The molecular formula is C17H25N7O8. The summed E-state index contributed by atoms with van der Waals surface area (Å²) in [7, 11) is 0. The zero-order chi connectivity index (χ0) is 24.4. The van der Waals surface area contributed by atoms with Crippen LogP contribution in [0.3, 0.4) is 0 Å². The molecule has 15 heteroatoms. The van der Waals surface area contributed by atoms with E-state index in [-0.39, 0.29) is 6.42 Å². The van der Waals surface area contributed by atoms with Crippen LogP contribution in [0, 0.1) is 0 Å². The average molecular weight is 455 g/mol. The predicted octanol–water partition coefficient (Wildman–Crippen LogP) is -3.81. The Bertz CT molecular complexity index is 857. The van der Waals surface area contributed by atoms with Gasteiger partial charge < -0.3 is 42.6 Å². The summed E-state index contributed by atoms with van der Waals surface area (Å²) in [6.45, 7) is 1.28. The first-order valence-corrected chi connectivity index (χ1v) is 9.27. The maximum absolute atomic E-state index is 12.6. The number of carbonyl (C=O) groups is 6. The van der Waals surface area contributed by atoms with Gasteiger partial charge in [-0.1, -0.05) is 0 Å². The van der Waals surface area contributed by atoms with E-state index in [2.05, 4.69) is 25.9 Å². The second kappa shape index (κ2) is 12.0. The quantitative estimate of drug-likeness (QED) is 0.144. The molecule has 4 unspecified atom stereocenters. The third-order valence-electron chi connectivity index (χ3n) is 4.12. The van der Waals surface area contributed by atoms with E-state index < -0.39 is 72.6 Å². The number of nitrogens with two attached hydrogens (primary N) is 2.